The van der Waals surface area contributed by atoms with E-state index in [1.165, 1.54) is 12.1 Å². The van der Waals surface area contributed by atoms with Crippen molar-refractivity contribution in [3.05, 3.63) is 29.8 Å². The Labute approximate surface area is 130 Å². The van der Waals surface area contributed by atoms with E-state index in [9.17, 15) is 22.8 Å². The number of rotatable bonds is 5. The smallest absolute Gasteiger partial charge is 0.416 e. The molecule has 5 nitrogen and oxygen atoms in total. The van der Waals surface area contributed by atoms with Crippen molar-refractivity contribution in [2.75, 3.05) is 6.61 Å². The summed E-state index contributed by atoms with van der Waals surface area (Å²) < 4.78 is 42.7. The van der Waals surface area contributed by atoms with Gasteiger partial charge in [-0.3, -0.25) is 9.59 Å². The summed E-state index contributed by atoms with van der Waals surface area (Å²) in [5.74, 6) is -1.89. The number of ether oxygens (including phenoxy) is 1. The van der Waals surface area contributed by atoms with Gasteiger partial charge >= 0.3 is 12.1 Å². The topological polar surface area (TPSA) is 75.6 Å². The van der Waals surface area contributed by atoms with Crippen molar-refractivity contribution in [1.82, 2.24) is 5.32 Å². The van der Waals surface area contributed by atoms with Gasteiger partial charge in [-0.15, -0.1) is 0 Å². The minimum absolute atomic E-state index is 0.0511. The Morgan fingerprint density at radius 2 is 2.04 bits per heavy atom. The van der Waals surface area contributed by atoms with Crippen molar-refractivity contribution >= 4 is 11.9 Å². The molecule has 0 heterocycles. The molecule has 0 bridgehead atoms. The Balaban J connectivity index is 1.82. The average Bonchev–Trinajstić information content (AvgIpc) is 2.93. The summed E-state index contributed by atoms with van der Waals surface area (Å²) in [6.45, 7) is -0.421. The van der Waals surface area contributed by atoms with E-state index < -0.39 is 36.1 Å². The molecule has 0 unspecified atom stereocenters. The van der Waals surface area contributed by atoms with Gasteiger partial charge in [-0.05, 0) is 37.5 Å². The third kappa shape index (κ3) is 4.87. The van der Waals surface area contributed by atoms with Crippen LogP contribution >= 0.6 is 0 Å². The molecule has 8 heteroatoms. The number of amides is 1. The summed E-state index contributed by atoms with van der Waals surface area (Å²) in [5.41, 5.74) is -0.851. The van der Waals surface area contributed by atoms with Gasteiger partial charge in [0.25, 0.3) is 5.91 Å². The first-order chi connectivity index (χ1) is 10.8. The number of alkyl halides is 3. The van der Waals surface area contributed by atoms with Crippen LogP contribution in [0.4, 0.5) is 13.2 Å². The number of hydrogen-bond donors (Lipinski definition) is 2. The molecule has 0 aromatic heterocycles. The van der Waals surface area contributed by atoms with Gasteiger partial charge in [-0.2, -0.15) is 13.2 Å². The number of aliphatic carboxylic acids is 1. The highest BCUT2D eigenvalue weighted by Crippen LogP contribution is 2.31. The van der Waals surface area contributed by atoms with Gasteiger partial charge in [0.05, 0.1) is 11.5 Å². The van der Waals surface area contributed by atoms with Crippen molar-refractivity contribution in [3.8, 4) is 5.75 Å². The average molecular weight is 331 g/mol. The van der Waals surface area contributed by atoms with E-state index in [1.54, 1.807) is 0 Å². The molecule has 2 rings (SSSR count). The number of carboxylic acids is 1. The third-order valence-electron chi connectivity index (χ3n) is 3.68. The minimum Gasteiger partial charge on any atom is -0.484 e. The summed E-state index contributed by atoms with van der Waals surface area (Å²) in [5, 5.41) is 11.5. The summed E-state index contributed by atoms with van der Waals surface area (Å²) in [4.78, 5) is 22.6. The molecule has 1 fully saturated rings. The molecular formula is C15H16F3NO4. The number of carbonyl (C=O) groups is 2. The van der Waals surface area contributed by atoms with Gasteiger partial charge < -0.3 is 15.2 Å². The third-order valence-corrected chi connectivity index (χ3v) is 3.68. The second kappa shape index (κ2) is 6.89. The highest BCUT2D eigenvalue weighted by atomic mass is 19.4. The minimum atomic E-state index is -4.47. The van der Waals surface area contributed by atoms with Gasteiger partial charge in [-0.1, -0.05) is 6.07 Å². The number of carbonyl (C=O) groups excluding carboxylic acids is 1. The fourth-order valence-electron chi connectivity index (χ4n) is 2.52. The van der Waals surface area contributed by atoms with Crippen LogP contribution in [0.2, 0.25) is 0 Å². The van der Waals surface area contributed by atoms with Crippen LogP contribution in [0, 0.1) is 5.92 Å². The molecule has 0 spiro atoms. The quantitative estimate of drug-likeness (QED) is 0.869. The molecule has 2 atom stereocenters. The predicted molar refractivity (Wildman–Crippen MR) is 73.8 cm³/mol. The Hall–Kier alpha value is -2.25. The lowest BCUT2D eigenvalue weighted by Crippen LogP contribution is -2.36. The standard InChI is InChI=1S/C15H16F3NO4/c16-15(17,18)10-2-1-3-12(7-10)23-8-13(20)19-11-5-4-9(6-11)14(21)22/h1-3,7,9,11H,4-6,8H2,(H,19,20)(H,21,22)/t9-,11+/m0/s1. The molecular weight excluding hydrogens is 315 g/mol. The monoisotopic (exact) mass is 331 g/mol. The molecule has 126 valence electrons. The van der Waals surface area contributed by atoms with Crippen LogP contribution in [0.3, 0.4) is 0 Å². The summed E-state index contributed by atoms with van der Waals surface area (Å²) in [6.07, 6.45) is -3.07. The Morgan fingerprint density at radius 1 is 1.30 bits per heavy atom. The van der Waals surface area contributed by atoms with Crippen molar-refractivity contribution in [2.24, 2.45) is 5.92 Å². The van der Waals surface area contributed by atoms with Crippen LogP contribution in [-0.4, -0.2) is 29.6 Å². The fourth-order valence-corrected chi connectivity index (χ4v) is 2.52. The van der Waals surface area contributed by atoms with Gasteiger partial charge in [0.2, 0.25) is 0 Å². The predicted octanol–water partition coefficient (Wildman–Crippen LogP) is 2.45. The molecule has 0 radical (unpaired) electrons. The zero-order valence-electron chi connectivity index (χ0n) is 12.1. The highest BCUT2D eigenvalue weighted by Gasteiger charge is 2.31. The first-order valence-corrected chi connectivity index (χ1v) is 7.08. The number of hydrogen-bond acceptors (Lipinski definition) is 3. The lowest BCUT2D eigenvalue weighted by molar-refractivity contribution is -0.141. The number of nitrogens with one attached hydrogen (secondary N) is 1. The van der Waals surface area contributed by atoms with Crippen LogP contribution in [0.25, 0.3) is 0 Å². The van der Waals surface area contributed by atoms with Crippen LogP contribution in [0.15, 0.2) is 24.3 Å². The van der Waals surface area contributed by atoms with Crippen molar-refractivity contribution in [3.63, 3.8) is 0 Å². The maximum Gasteiger partial charge on any atom is 0.416 e. The van der Waals surface area contributed by atoms with Gasteiger partial charge in [0.15, 0.2) is 6.61 Å². The maximum absolute atomic E-state index is 12.6. The first kappa shape index (κ1) is 17.1. The summed E-state index contributed by atoms with van der Waals surface area (Å²) >= 11 is 0. The largest absolute Gasteiger partial charge is 0.484 e. The molecule has 1 aliphatic rings. The van der Waals surface area contributed by atoms with Crippen molar-refractivity contribution in [2.45, 2.75) is 31.5 Å². The normalized spacial score (nSPS) is 21.0. The number of carboxylic acid groups (broad SMARTS) is 1. The Bertz CT molecular complexity index is 588. The molecule has 1 amide bonds. The molecule has 1 aromatic carbocycles. The highest BCUT2D eigenvalue weighted by molar-refractivity contribution is 5.78. The lowest BCUT2D eigenvalue weighted by atomic mass is 10.1. The molecule has 1 saturated carbocycles. The van der Waals surface area contributed by atoms with Gasteiger partial charge in [0.1, 0.15) is 5.75 Å². The number of halogens is 3. The summed E-state index contributed by atoms with van der Waals surface area (Å²) in [7, 11) is 0. The number of benzene rings is 1. The van der Waals surface area contributed by atoms with Crippen LogP contribution in [-0.2, 0) is 15.8 Å². The van der Waals surface area contributed by atoms with Gasteiger partial charge in [-0.25, -0.2) is 0 Å². The molecule has 1 aromatic rings. The molecule has 23 heavy (non-hydrogen) atoms. The zero-order chi connectivity index (χ0) is 17.0. The van der Waals surface area contributed by atoms with Crippen LogP contribution in [0.1, 0.15) is 24.8 Å². The zero-order valence-corrected chi connectivity index (χ0v) is 12.1. The second-order valence-corrected chi connectivity index (χ2v) is 5.43. The first-order valence-electron chi connectivity index (χ1n) is 7.08. The van der Waals surface area contributed by atoms with E-state index in [-0.39, 0.29) is 11.8 Å². The molecule has 0 aliphatic heterocycles. The van der Waals surface area contributed by atoms with E-state index >= 15 is 0 Å². The SMILES string of the molecule is O=C(COc1cccc(C(F)(F)F)c1)N[C@@H]1CC[C@H](C(=O)O)C1. The van der Waals surface area contributed by atoms with E-state index in [4.69, 9.17) is 9.84 Å². The molecule has 2 N–H and O–H groups in total. The van der Waals surface area contributed by atoms with E-state index in [0.29, 0.717) is 19.3 Å². The Morgan fingerprint density at radius 3 is 2.65 bits per heavy atom. The van der Waals surface area contributed by atoms with E-state index in [0.717, 1.165) is 12.1 Å². The van der Waals surface area contributed by atoms with E-state index in [2.05, 4.69) is 5.32 Å². The van der Waals surface area contributed by atoms with Crippen LogP contribution < -0.4 is 10.1 Å². The van der Waals surface area contributed by atoms with E-state index in [1.807, 2.05) is 0 Å². The van der Waals surface area contributed by atoms with Crippen LogP contribution in [0.5, 0.6) is 5.75 Å². The molecule has 1 aliphatic carbocycles. The van der Waals surface area contributed by atoms with Crippen molar-refractivity contribution in [1.29, 1.82) is 0 Å². The van der Waals surface area contributed by atoms with Crippen molar-refractivity contribution < 1.29 is 32.6 Å². The lowest BCUT2D eigenvalue weighted by Gasteiger charge is -2.13. The fraction of sp³-hybridized carbons (Fsp3) is 0.467. The summed E-state index contributed by atoms with van der Waals surface area (Å²) in [6, 6.07) is 4.03. The van der Waals surface area contributed by atoms with Gasteiger partial charge in [0, 0.05) is 6.04 Å². The second-order valence-electron chi connectivity index (χ2n) is 5.43. The Kier molecular flexibility index (Phi) is 5.12. The molecule has 0 saturated heterocycles. The maximum atomic E-state index is 12.6.